The van der Waals surface area contributed by atoms with Gasteiger partial charge in [0.05, 0.1) is 24.1 Å². The first-order valence-corrected chi connectivity index (χ1v) is 9.51. The second kappa shape index (κ2) is 7.70. The predicted octanol–water partition coefficient (Wildman–Crippen LogP) is 2.91. The molecule has 3 unspecified atom stereocenters. The molecule has 128 valence electrons. The van der Waals surface area contributed by atoms with Crippen molar-refractivity contribution in [2.75, 3.05) is 6.26 Å². The van der Waals surface area contributed by atoms with Crippen molar-refractivity contribution < 1.29 is 4.79 Å². The largest absolute Gasteiger partial charge is 0.335 e. The van der Waals surface area contributed by atoms with Gasteiger partial charge in [-0.1, -0.05) is 17.3 Å². The van der Waals surface area contributed by atoms with Crippen LogP contribution in [0.5, 0.6) is 0 Å². The van der Waals surface area contributed by atoms with Gasteiger partial charge in [-0.2, -0.15) is 11.8 Å². The van der Waals surface area contributed by atoms with Crippen molar-refractivity contribution in [2.24, 2.45) is 0 Å². The molecule has 1 aliphatic carbocycles. The monoisotopic (exact) mass is 345 g/mol. The molecule has 1 fully saturated rings. The number of rotatable bonds is 5. The van der Waals surface area contributed by atoms with Crippen molar-refractivity contribution in [2.45, 2.75) is 43.5 Å². The van der Waals surface area contributed by atoms with E-state index in [1.54, 1.807) is 17.1 Å². The van der Waals surface area contributed by atoms with Crippen LogP contribution in [0.1, 0.15) is 37.8 Å². The van der Waals surface area contributed by atoms with E-state index in [0.717, 1.165) is 24.1 Å². The van der Waals surface area contributed by atoms with Crippen LogP contribution in [-0.4, -0.2) is 38.6 Å². The van der Waals surface area contributed by atoms with Crippen LogP contribution in [0.25, 0.3) is 5.69 Å². The Morgan fingerprint density at radius 1 is 1.33 bits per heavy atom. The summed E-state index contributed by atoms with van der Waals surface area (Å²) in [7, 11) is 0. The summed E-state index contributed by atoms with van der Waals surface area (Å²) in [6.07, 6.45) is 8.90. The third-order valence-corrected chi connectivity index (χ3v) is 5.58. The summed E-state index contributed by atoms with van der Waals surface area (Å²) in [5.41, 5.74) is 2.00. The maximum atomic E-state index is 12.2. The third-order valence-electron chi connectivity index (χ3n) is 4.48. The number of nitrogens with zero attached hydrogens (tertiary/aromatic N) is 3. The quantitative estimate of drug-likeness (QED) is 0.874. The molecule has 1 saturated carbocycles. The number of amides is 2. The summed E-state index contributed by atoms with van der Waals surface area (Å²) in [5, 5.41) is 14.6. The fraction of sp³-hybridized carbons (Fsp3) is 0.471. The second-order valence-electron chi connectivity index (χ2n) is 6.15. The second-order valence-corrected chi connectivity index (χ2v) is 7.28. The molecular formula is C17H23N5OS. The van der Waals surface area contributed by atoms with Crippen LogP contribution in [0.15, 0.2) is 36.7 Å². The Kier molecular flexibility index (Phi) is 5.40. The van der Waals surface area contributed by atoms with Gasteiger partial charge in [0, 0.05) is 11.3 Å². The number of thioether (sulfide) groups is 1. The number of carbonyl (C=O) groups is 1. The Hall–Kier alpha value is -2.02. The molecule has 3 rings (SSSR count). The minimum Gasteiger partial charge on any atom is -0.335 e. The average Bonchev–Trinajstić information content (AvgIpc) is 3.26. The van der Waals surface area contributed by atoms with Gasteiger partial charge in [-0.3, -0.25) is 0 Å². The lowest BCUT2D eigenvalue weighted by Gasteiger charge is -2.18. The van der Waals surface area contributed by atoms with Crippen LogP contribution in [0.4, 0.5) is 4.79 Å². The zero-order chi connectivity index (χ0) is 16.9. The van der Waals surface area contributed by atoms with E-state index in [-0.39, 0.29) is 12.1 Å². The normalized spacial score (nSPS) is 21.4. The van der Waals surface area contributed by atoms with Crippen LogP contribution in [0.3, 0.4) is 0 Å². The predicted molar refractivity (Wildman–Crippen MR) is 96.4 cm³/mol. The molecule has 7 heteroatoms. The number of hydrogen-bond donors (Lipinski definition) is 2. The highest BCUT2D eigenvalue weighted by Crippen LogP contribution is 2.28. The first kappa shape index (κ1) is 16.8. The maximum absolute atomic E-state index is 12.2. The standard InChI is InChI=1S/C17H23N5OS/c1-12(19-17(23)20-14-5-8-16(11-14)24-2)13-3-6-15(7-4-13)22-10-9-18-21-22/h3-4,6-7,9-10,12,14,16H,5,8,11H2,1-2H3,(H2,19,20,23). The molecule has 0 saturated heterocycles. The Bertz CT molecular complexity index is 658. The Labute approximate surface area is 146 Å². The molecule has 0 spiro atoms. The summed E-state index contributed by atoms with van der Waals surface area (Å²) >= 11 is 1.89. The number of benzene rings is 1. The van der Waals surface area contributed by atoms with Gasteiger partial charge in [0.15, 0.2) is 0 Å². The van der Waals surface area contributed by atoms with Gasteiger partial charge in [-0.25, -0.2) is 9.48 Å². The van der Waals surface area contributed by atoms with Gasteiger partial charge in [0.2, 0.25) is 0 Å². The van der Waals surface area contributed by atoms with Crippen molar-refractivity contribution >= 4 is 17.8 Å². The Morgan fingerprint density at radius 3 is 2.75 bits per heavy atom. The summed E-state index contributed by atoms with van der Waals surface area (Å²) in [5.74, 6) is 0. The topological polar surface area (TPSA) is 71.8 Å². The number of urea groups is 1. The fourth-order valence-corrected chi connectivity index (χ4v) is 3.85. The van der Waals surface area contributed by atoms with Crippen molar-refractivity contribution in [1.29, 1.82) is 0 Å². The molecule has 24 heavy (non-hydrogen) atoms. The van der Waals surface area contributed by atoms with Gasteiger partial charge in [0.1, 0.15) is 0 Å². The van der Waals surface area contributed by atoms with Crippen molar-refractivity contribution in [3.63, 3.8) is 0 Å². The van der Waals surface area contributed by atoms with Gasteiger partial charge >= 0.3 is 6.03 Å². The van der Waals surface area contributed by atoms with E-state index in [1.807, 2.05) is 43.0 Å². The summed E-state index contributed by atoms with van der Waals surface area (Å²) in [4.78, 5) is 12.2. The van der Waals surface area contributed by atoms with E-state index < -0.39 is 0 Å². The van der Waals surface area contributed by atoms with Crippen molar-refractivity contribution in [3.8, 4) is 5.69 Å². The Morgan fingerprint density at radius 2 is 2.12 bits per heavy atom. The molecule has 1 heterocycles. The number of hydrogen-bond acceptors (Lipinski definition) is 4. The first-order valence-electron chi connectivity index (χ1n) is 8.22. The molecule has 0 bridgehead atoms. The van der Waals surface area contributed by atoms with E-state index >= 15 is 0 Å². The van der Waals surface area contributed by atoms with Crippen LogP contribution < -0.4 is 10.6 Å². The molecule has 2 N–H and O–H groups in total. The molecule has 3 atom stereocenters. The highest BCUT2D eigenvalue weighted by Gasteiger charge is 2.25. The van der Waals surface area contributed by atoms with E-state index in [9.17, 15) is 4.79 Å². The molecule has 1 aliphatic rings. The lowest BCUT2D eigenvalue weighted by atomic mass is 10.1. The van der Waals surface area contributed by atoms with Crippen LogP contribution in [0, 0.1) is 0 Å². The van der Waals surface area contributed by atoms with E-state index in [0.29, 0.717) is 11.3 Å². The zero-order valence-corrected chi connectivity index (χ0v) is 14.8. The number of carbonyl (C=O) groups excluding carboxylic acids is 1. The minimum absolute atomic E-state index is 0.0486. The zero-order valence-electron chi connectivity index (χ0n) is 14.0. The molecule has 1 aromatic heterocycles. The van der Waals surface area contributed by atoms with E-state index in [1.165, 1.54) is 6.42 Å². The highest BCUT2D eigenvalue weighted by molar-refractivity contribution is 7.99. The van der Waals surface area contributed by atoms with Gasteiger partial charge in [0.25, 0.3) is 0 Å². The number of nitrogens with one attached hydrogen (secondary N) is 2. The summed E-state index contributed by atoms with van der Waals surface area (Å²) in [6.45, 7) is 1.99. The number of aromatic nitrogens is 3. The van der Waals surface area contributed by atoms with Gasteiger partial charge in [-0.05, 0) is 50.1 Å². The van der Waals surface area contributed by atoms with Crippen LogP contribution >= 0.6 is 11.8 Å². The molecule has 1 aromatic carbocycles. The molecule has 0 radical (unpaired) electrons. The first-order chi connectivity index (χ1) is 11.7. The average molecular weight is 345 g/mol. The van der Waals surface area contributed by atoms with Crippen LogP contribution in [-0.2, 0) is 0 Å². The highest BCUT2D eigenvalue weighted by atomic mass is 32.2. The van der Waals surface area contributed by atoms with E-state index in [2.05, 4.69) is 27.2 Å². The van der Waals surface area contributed by atoms with E-state index in [4.69, 9.17) is 0 Å². The fourth-order valence-electron chi connectivity index (χ4n) is 3.05. The molecular weight excluding hydrogens is 322 g/mol. The maximum Gasteiger partial charge on any atom is 0.315 e. The minimum atomic E-state index is -0.0883. The molecule has 0 aliphatic heterocycles. The molecule has 2 aromatic rings. The molecule has 6 nitrogen and oxygen atoms in total. The Balaban J connectivity index is 1.53. The molecule has 2 amide bonds. The third kappa shape index (κ3) is 4.08. The summed E-state index contributed by atoms with van der Waals surface area (Å²) < 4.78 is 1.71. The van der Waals surface area contributed by atoms with Crippen molar-refractivity contribution in [3.05, 3.63) is 42.2 Å². The van der Waals surface area contributed by atoms with Gasteiger partial charge in [-0.15, -0.1) is 5.10 Å². The summed E-state index contributed by atoms with van der Waals surface area (Å²) in [6, 6.07) is 8.11. The van der Waals surface area contributed by atoms with Gasteiger partial charge < -0.3 is 10.6 Å². The van der Waals surface area contributed by atoms with Crippen LogP contribution in [0.2, 0.25) is 0 Å². The smallest absolute Gasteiger partial charge is 0.315 e. The SMILES string of the molecule is CSC1CCC(NC(=O)NC(C)c2ccc(-n3ccnn3)cc2)C1. The lowest BCUT2D eigenvalue weighted by molar-refractivity contribution is 0.234. The van der Waals surface area contributed by atoms with Crippen molar-refractivity contribution in [1.82, 2.24) is 25.6 Å². The lowest BCUT2D eigenvalue weighted by Crippen LogP contribution is -2.42.